The zero-order valence-electron chi connectivity index (χ0n) is 15.3. The number of nitrogens with one attached hydrogen (secondary N) is 2. The van der Waals surface area contributed by atoms with E-state index in [1.807, 2.05) is 18.5 Å². The van der Waals surface area contributed by atoms with Crippen LogP contribution in [0.2, 0.25) is 0 Å². The van der Waals surface area contributed by atoms with E-state index in [-0.39, 0.29) is 39.9 Å². The lowest BCUT2D eigenvalue weighted by atomic mass is 9.94. The Kier molecular flexibility index (Phi) is 4.55. The molecule has 4 rings (SSSR count). The van der Waals surface area contributed by atoms with Gasteiger partial charge >= 0.3 is 0 Å². The second-order valence-corrected chi connectivity index (χ2v) is 8.75. The number of hydrogen-bond acceptors (Lipinski definition) is 5. The van der Waals surface area contributed by atoms with Crippen molar-refractivity contribution in [2.45, 2.75) is 43.6 Å². The van der Waals surface area contributed by atoms with E-state index in [2.05, 4.69) is 10.4 Å². The number of aromatic hydroxyl groups is 1. The minimum atomic E-state index is -0.281. The summed E-state index contributed by atoms with van der Waals surface area (Å²) in [5.74, 6) is 0.860. The summed E-state index contributed by atoms with van der Waals surface area (Å²) in [4.78, 5) is 25.2. The molecule has 0 saturated carbocycles. The summed E-state index contributed by atoms with van der Waals surface area (Å²) < 4.78 is 7.61. The lowest BCUT2D eigenvalue weighted by Crippen LogP contribution is -2.36. The second kappa shape index (κ2) is 6.76. The molecule has 7 nitrogen and oxygen atoms in total. The molecule has 1 amide bonds. The number of anilines is 1. The van der Waals surface area contributed by atoms with Crippen LogP contribution in [0.1, 0.15) is 49.1 Å². The quantitative estimate of drug-likeness (QED) is 0.734. The number of phenols is 1. The summed E-state index contributed by atoms with van der Waals surface area (Å²) in [5.41, 5.74) is 0.964. The van der Waals surface area contributed by atoms with Gasteiger partial charge in [0.2, 0.25) is 5.91 Å². The van der Waals surface area contributed by atoms with Crippen LogP contribution in [0.5, 0.6) is 5.75 Å². The minimum absolute atomic E-state index is 0.0501. The molecule has 0 unspecified atom stereocenters. The first-order chi connectivity index (χ1) is 12.8. The first-order valence-corrected chi connectivity index (χ1v) is 10.1. The molecular formula is C19H23N3O4S. The fraction of sp³-hybridized carbons (Fsp3) is 0.474. The van der Waals surface area contributed by atoms with Gasteiger partial charge in [-0.3, -0.25) is 19.4 Å². The van der Waals surface area contributed by atoms with Crippen LogP contribution in [-0.4, -0.2) is 38.8 Å². The molecule has 0 spiro atoms. The summed E-state index contributed by atoms with van der Waals surface area (Å²) in [5, 5.41) is 15.2. The molecular weight excluding hydrogens is 366 g/mol. The summed E-state index contributed by atoms with van der Waals surface area (Å²) in [6, 6.07) is 6.83. The smallest absolute Gasteiger partial charge is 0.270 e. The van der Waals surface area contributed by atoms with Crippen LogP contribution in [0.3, 0.4) is 0 Å². The Bertz CT molecular complexity index is 916. The standard InChI is InChI=1S/C19H23N3O4S/c1-19(2)9-12(7-8-26-19)22-17-15(18(25)21-22)16(27-10-14(24)20-17)11-3-5-13(23)6-4-11/h3-6,12,16,23H,7-10H2,1-2H3,(H,20,24)(H,21,25)/t12-,16+/m1/s1. The molecule has 2 aliphatic rings. The number of hydrogen-bond donors (Lipinski definition) is 3. The monoisotopic (exact) mass is 389 g/mol. The number of benzene rings is 1. The molecule has 3 N–H and O–H groups in total. The number of thioether (sulfide) groups is 1. The van der Waals surface area contributed by atoms with Crippen molar-refractivity contribution in [2.75, 3.05) is 17.7 Å². The van der Waals surface area contributed by atoms with Gasteiger partial charge in [0.15, 0.2) is 0 Å². The van der Waals surface area contributed by atoms with E-state index >= 15 is 0 Å². The van der Waals surface area contributed by atoms with Gasteiger partial charge in [0.25, 0.3) is 5.56 Å². The van der Waals surface area contributed by atoms with E-state index in [9.17, 15) is 14.7 Å². The molecule has 0 aliphatic carbocycles. The zero-order valence-corrected chi connectivity index (χ0v) is 16.1. The Morgan fingerprint density at radius 2 is 2.00 bits per heavy atom. The Morgan fingerprint density at radius 1 is 1.26 bits per heavy atom. The number of carbonyl (C=O) groups is 1. The zero-order chi connectivity index (χ0) is 19.2. The summed E-state index contributed by atoms with van der Waals surface area (Å²) in [6.07, 6.45) is 1.52. The van der Waals surface area contributed by atoms with E-state index in [0.29, 0.717) is 18.0 Å². The topological polar surface area (TPSA) is 96.4 Å². The third kappa shape index (κ3) is 3.51. The first kappa shape index (κ1) is 18.2. The fourth-order valence-electron chi connectivity index (χ4n) is 3.85. The molecule has 0 radical (unpaired) electrons. The number of nitrogens with zero attached hydrogens (tertiary/aromatic N) is 1. The van der Waals surface area contributed by atoms with Crippen molar-refractivity contribution in [3.63, 3.8) is 0 Å². The summed E-state index contributed by atoms with van der Waals surface area (Å²) in [7, 11) is 0. The predicted molar refractivity (Wildman–Crippen MR) is 104 cm³/mol. The Balaban J connectivity index is 1.80. The number of fused-ring (bicyclic) bond motifs is 1. The molecule has 1 saturated heterocycles. The maximum atomic E-state index is 12.9. The highest BCUT2D eigenvalue weighted by atomic mass is 32.2. The molecule has 2 aromatic rings. The van der Waals surface area contributed by atoms with Crippen molar-refractivity contribution < 1.29 is 14.6 Å². The number of amides is 1. The highest BCUT2D eigenvalue weighted by Crippen LogP contribution is 2.42. The Labute approximate surface area is 161 Å². The molecule has 1 aromatic heterocycles. The van der Waals surface area contributed by atoms with Crippen LogP contribution >= 0.6 is 11.8 Å². The summed E-state index contributed by atoms with van der Waals surface area (Å²) >= 11 is 1.42. The number of H-pyrrole nitrogens is 1. The van der Waals surface area contributed by atoms with Gasteiger partial charge in [-0.25, -0.2) is 0 Å². The van der Waals surface area contributed by atoms with Gasteiger partial charge in [-0.15, -0.1) is 11.8 Å². The number of phenolic OH excluding ortho intramolecular Hbond substituents is 1. The minimum Gasteiger partial charge on any atom is -0.508 e. The van der Waals surface area contributed by atoms with Crippen molar-refractivity contribution in [2.24, 2.45) is 0 Å². The molecule has 144 valence electrons. The maximum absolute atomic E-state index is 12.9. The van der Waals surface area contributed by atoms with Gasteiger partial charge in [-0.1, -0.05) is 12.1 Å². The van der Waals surface area contributed by atoms with E-state index in [4.69, 9.17) is 4.74 Å². The Hall–Kier alpha value is -2.19. The number of ether oxygens (including phenoxy) is 1. The SMILES string of the molecule is CC1(C)C[C@H](n2[nH]c(=O)c3c2NC(=O)CS[C@H]3c2ccc(O)cc2)CCO1. The second-order valence-electron chi connectivity index (χ2n) is 7.66. The fourth-order valence-corrected chi connectivity index (χ4v) is 4.98. The van der Waals surface area contributed by atoms with Crippen LogP contribution < -0.4 is 10.9 Å². The van der Waals surface area contributed by atoms with Gasteiger partial charge in [-0.2, -0.15) is 0 Å². The lowest BCUT2D eigenvalue weighted by molar-refractivity contribution is -0.113. The van der Waals surface area contributed by atoms with Crippen molar-refractivity contribution in [3.8, 4) is 5.75 Å². The van der Waals surface area contributed by atoms with Crippen molar-refractivity contribution >= 4 is 23.5 Å². The van der Waals surface area contributed by atoms with Crippen molar-refractivity contribution in [1.29, 1.82) is 0 Å². The van der Waals surface area contributed by atoms with Crippen molar-refractivity contribution in [3.05, 3.63) is 45.7 Å². The predicted octanol–water partition coefficient (Wildman–Crippen LogP) is 2.79. The summed E-state index contributed by atoms with van der Waals surface area (Å²) in [6.45, 7) is 4.68. The molecule has 27 heavy (non-hydrogen) atoms. The Morgan fingerprint density at radius 3 is 2.70 bits per heavy atom. The highest BCUT2D eigenvalue weighted by molar-refractivity contribution is 8.00. The van der Waals surface area contributed by atoms with Crippen LogP contribution in [0.25, 0.3) is 0 Å². The molecule has 8 heteroatoms. The van der Waals surface area contributed by atoms with Crippen LogP contribution in [-0.2, 0) is 9.53 Å². The lowest BCUT2D eigenvalue weighted by Gasteiger charge is -2.36. The van der Waals surface area contributed by atoms with Gasteiger partial charge in [0, 0.05) is 6.61 Å². The van der Waals surface area contributed by atoms with Crippen molar-refractivity contribution in [1.82, 2.24) is 9.78 Å². The normalized spacial score (nSPS) is 24.7. The maximum Gasteiger partial charge on any atom is 0.270 e. The largest absolute Gasteiger partial charge is 0.508 e. The molecule has 3 heterocycles. The van der Waals surface area contributed by atoms with Crippen LogP contribution in [0.15, 0.2) is 29.1 Å². The average Bonchev–Trinajstić information content (AvgIpc) is 2.81. The van der Waals surface area contributed by atoms with Crippen LogP contribution in [0.4, 0.5) is 5.82 Å². The third-order valence-corrected chi connectivity index (χ3v) is 6.37. The number of aromatic nitrogens is 2. The molecule has 1 aromatic carbocycles. The van der Waals surface area contributed by atoms with Gasteiger partial charge in [-0.05, 0) is 44.4 Å². The number of rotatable bonds is 2. The molecule has 1 fully saturated rings. The third-order valence-electron chi connectivity index (χ3n) is 5.10. The van der Waals surface area contributed by atoms with Gasteiger partial charge in [0.1, 0.15) is 11.6 Å². The van der Waals surface area contributed by atoms with Gasteiger partial charge < -0.3 is 15.2 Å². The van der Waals surface area contributed by atoms with E-state index < -0.39 is 0 Å². The molecule has 0 bridgehead atoms. The first-order valence-electron chi connectivity index (χ1n) is 9.03. The van der Waals surface area contributed by atoms with Gasteiger partial charge in [0.05, 0.1) is 28.2 Å². The number of aromatic amines is 1. The molecule has 2 aliphatic heterocycles. The molecule has 2 atom stereocenters. The van der Waals surface area contributed by atoms with E-state index in [1.165, 1.54) is 11.8 Å². The van der Waals surface area contributed by atoms with E-state index in [0.717, 1.165) is 18.4 Å². The van der Waals surface area contributed by atoms with E-state index in [1.54, 1.807) is 24.3 Å². The number of carbonyl (C=O) groups excluding carboxylic acids is 1. The average molecular weight is 389 g/mol. The highest BCUT2D eigenvalue weighted by Gasteiger charge is 2.35. The van der Waals surface area contributed by atoms with Crippen LogP contribution in [0, 0.1) is 0 Å².